The average Bonchev–Trinajstić information content (AvgIpc) is 2.98. The minimum Gasteiger partial charge on any atom is -0.410 e. The Labute approximate surface area is 161 Å². The summed E-state index contributed by atoms with van der Waals surface area (Å²) >= 11 is 0. The highest BCUT2D eigenvalue weighted by Gasteiger charge is 2.43. The molecule has 2 bridgehead atoms. The fourth-order valence-corrected chi connectivity index (χ4v) is 6.36. The molecule has 1 amide bonds. The Balaban J connectivity index is 1.32. The lowest BCUT2D eigenvalue weighted by Gasteiger charge is -2.50. The molecule has 0 aromatic heterocycles. The first kappa shape index (κ1) is 17.2. The van der Waals surface area contributed by atoms with Crippen LogP contribution in [0.5, 0.6) is 0 Å². The lowest BCUT2D eigenvalue weighted by atomic mass is 9.67. The number of nitrogens with zero attached hydrogens (tertiary/aromatic N) is 3. The molecule has 0 radical (unpaired) electrons. The molecule has 5 heteroatoms. The lowest BCUT2D eigenvalue weighted by Crippen LogP contribution is -2.55. The first-order valence-electron chi connectivity index (χ1n) is 10.7. The summed E-state index contributed by atoms with van der Waals surface area (Å²) in [4.78, 5) is 17.5. The maximum atomic E-state index is 12.9. The number of benzene rings is 1. The van der Waals surface area contributed by atoms with Crippen molar-refractivity contribution in [2.75, 3.05) is 18.0 Å². The van der Waals surface area contributed by atoms with Crippen LogP contribution < -0.4 is 4.90 Å². The molecule has 2 aliphatic heterocycles. The SMILES string of the molecule is O=C1/C(=N\O)c2ccccc2N1C1CCN(C2C3CCCC2CCC3)CC1. The van der Waals surface area contributed by atoms with Crippen LogP contribution >= 0.6 is 0 Å². The molecule has 1 N–H and O–H groups in total. The zero-order valence-corrected chi connectivity index (χ0v) is 15.9. The highest BCUT2D eigenvalue weighted by atomic mass is 16.4. The maximum Gasteiger partial charge on any atom is 0.281 e. The Morgan fingerprint density at radius 1 is 0.926 bits per heavy atom. The average molecular weight is 367 g/mol. The maximum absolute atomic E-state index is 12.9. The number of para-hydroxylation sites is 1. The van der Waals surface area contributed by atoms with E-state index in [4.69, 9.17) is 0 Å². The normalized spacial score (nSPS) is 33.5. The molecule has 2 aliphatic carbocycles. The van der Waals surface area contributed by atoms with Crippen LogP contribution in [-0.2, 0) is 4.79 Å². The minimum atomic E-state index is -0.147. The molecule has 1 aromatic carbocycles. The van der Waals surface area contributed by atoms with Gasteiger partial charge in [-0.1, -0.05) is 36.2 Å². The molecule has 1 saturated heterocycles. The number of piperidine rings is 1. The highest BCUT2D eigenvalue weighted by Crippen LogP contribution is 2.44. The third-order valence-corrected chi connectivity index (χ3v) is 7.49. The van der Waals surface area contributed by atoms with Crippen molar-refractivity contribution in [3.05, 3.63) is 29.8 Å². The van der Waals surface area contributed by atoms with Crippen molar-refractivity contribution in [1.82, 2.24) is 4.90 Å². The summed E-state index contributed by atoms with van der Waals surface area (Å²) in [5, 5.41) is 12.6. The van der Waals surface area contributed by atoms with Gasteiger partial charge in [0.2, 0.25) is 0 Å². The quantitative estimate of drug-likeness (QED) is 0.641. The van der Waals surface area contributed by atoms with Crippen LogP contribution in [0.2, 0.25) is 0 Å². The topological polar surface area (TPSA) is 56.1 Å². The van der Waals surface area contributed by atoms with Gasteiger partial charge in [0, 0.05) is 30.7 Å². The second kappa shape index (κ2) is 6.93. The number of carbonyl (C=O) groups excluding carboxylic acids is 1. The number of hydrogen-bond donors (Lipinski definition) is 1. The second-order valence-corrected chi connectivity index (χ2v) is 8.78. The summed E-state index contributed by atoms with van der Waals surface area (Å²) in [6.45, 7) is 2.17. The van der Waals surface area contributed by atoms with Crippen molar-refractivity contribution in [3.8, 4) is 0 Å². The molecule has 1 aromatic rings. The van der Waals surface area contributed by atoms with E-state index in [1.54, 1.807) is 0 Å². The molecular weight excluding hydrogens is 338 g/mol. The zero-order valence-electron chi connectivity index (χ0n) is 15.9. The van der Waals surface area contributed by atoms with Crippen LogP contribution in [0, 0.1) is 11.8 Å². The van der Waals surface area contributed by atoms with Crippen molar-refractivity contribution in [2.45, 2.75) is 63.5 Å². The number of oxime groups is 1. The fraction of sp³-hybridized carbons (Fsp3) is 0.636. The van der Waals surface area contributed by atoms with Gasteiger partial charge in [0.1, 0.15) is 0 Å². The van der Waals surface area contributed by atoms with E-state index in [0.29, 0.717) is 0 Å². The minimum absolute atomic E-state index is 0.147. The third kappa shape index (κ3) is 2.78. The van der Waals surface area contributed by atoms with Gasteiger partial charge in [0.05, 0.1) is 5.69 Å². The molecule has 2 heterocycles. The summed E-state index contributed by atoms with van der Waals surface area (Å²) in [6, 6.07) is 8.69. The standard InChI is InChI=1S/C22H29N3O2/c26-22-20(23-27)18-9-1-2-10-19(18)25(22)17-11-13-24(14-12-17)21-15-5-3-6-16(21)8-4-7-15/h1-2,9-10,15-17,21,27H,3-8,11-14H2/b23-20-. The van der Waals surface area contributed by atoms with Crippen LogP contribution in [0.25, 0.3) is 0 Å². The summed E-state index contributed by atoms with van der Waals surface area (Å²) in [6.07, 6.45) is 10.5. The van der Waals surface area contributed by atoms with Gasteiger partial charge in [-0.3, -0.25) is 9.69 Å². The number of rotatable bonds is 2. The summed E-state index contributed by atoms with van der Waals surface area (Å²) in [5.41, 5.74) is 1.85. The number of fused-ring (bicyclic) bond motifs is 3. The molecule has 0 unspecified atom stereocenters. The molecule has 5 rings (SSSR count). The van der Waals surface area contributed by atoms with Gasteiger partial charge in [-0.15, -0.1) is 0 Å². The summed E-state index contributed by atoms with van der Waals surface area (Å²) in [5.74, 6) is 1.65. The van der Waals surface area contributed by atoms with Crippen molar-refractivity contribution >= 4 is 17.3 Å². The number of hydrogen-bond acceptors (Lipinski definition) is 4. The Morgan fingerprint density at radius 3 is 2.19 bits per heavy atom. The van der Waals surface area contributed by atoms with Gasteiger partial charge in [0.15, 0.2) is 5.71 Å². The number of amides is 1. The third-order valence-electron chi connectivity index (χ3n) is 7.49. The van der Waals surface area contributed by atoms with Gasteiger partial charge >= 0.3 is 0 Å². The van der Waals surface area contributed by atoms with Crippen LogP contribution in [0.1, 0.15) is 56.9 Å². The van der Waals surface area contributed by atoms with Crippen LogP contribution in [-0.4, -0.2) is 46.9 Å². The Hall–Kier alpha value is -1.88. The zero-order chi connectivity index (χ0) is 18.4. The smallest absolute Gasteiger partial charge is 0.281 e. The van der Waals surface area contributed by atoms with Crippen molar-refractivity contribution in [2.24, 2.45) is 17.0 Å². The molecule has 27 heavy (non-hydrogen) atoms. The van der Waals surface area contributed by atoms with Crippen molar-refractivity contribution < 1.29 is 10.0 Å². The van der Waals surface area contributed by atoms with E-state index >= 15 is 0 Å². The van der Waals surface area contributed by atoms with Gasteiger partial charge in [-0.2, -0.15) is 0 Å². The highest BCUT2D eigenvalue weighted by molar-refractivity contribution is 6.54. The van der Waals surface area contributed by atoms with E-state index in [2.05, 4.69) is 10.1 Å². The van der Waals surface area contributed by atoms with Gasteiger partial charge < -0.3 is 10.1 Å². The molecule has 0 spiro atoms. The molecule has 144 valence electrons. The van der Waals surface area contributed by atoms with Crippen LogP contribution in [0.15, 0.2) is 29.4 Å². The predicted molar refractivity (Wildman–Crippen MR) is 105 cm³/mol. The predicted octanol–water partition coefficient (Wildman–Crippen LogP) is 3.64. The molecule has 2 saturated carbocycles. The first-order valence-corrected chi connectivity index (χ1v) is 10.7. The van der Waals surface area contributed by atoms with E-state index in [9.17, 15) is 10.0 Å². The van der Waals surface area contributed by atoms with Crippen molar-refractivity contribution in [3.63, 3.8) is 0 Å². The molecular formula is C22H29N3O2. The number of carbonyl (C=O) groups is 1. The Bertz CT molecular complexity index is 732. The molecule has 0 atom stereocenters. The van der Waals surface area contributed by atoms with E-state index in [1.165, 1.54) is 38.5 Å². The Kier molecular flexibility index (Phi) is 4.43. The van der Waals surface area contributed by atoms with Crippen molar-refractivity contribution in [1.29, 1.82) is 0 Å². The Morgan fingerprint density at radius 2 is 1.56 bits per heavy atom. The lowest BCUT2D eigenvalue weighted by molar-refractivity contribution is -0.113. The summed E-state index contributed by atoms with van der Waals surface area (Å²) in [7, 11) is 0. The molecule has 4 aliphatic rings. The van der Waals surface area contributed by atoms with E-state index in [0.717, 1.165) is 55.1 Å². The van der Waals surface area contributed by atoms with Crippen LogP contribution in [0.3, 0.4) is 0 Å². The van der Waals surface area contributed by atoms with E-state index in [1.807, 2.05) is 29.2 Å². The largest absolute Gasteiger partial charge is 0.410 e. The number of likely N-dealkylation sites (tertiary alicyclic amines) is 1. The molecule has 5 nitrogen and oxygen atoms in total. The van der Waals surface area contributed by atoms with Crippen LogP contribution in [0.4, 0.5) is 5.69 Å². The van der Waals surface area contributed by atoms with Gasteiger partial charge in [-0.05, 0) is 56.4 Å². The van der Waals surface area contributed by atoms with E-state index in [-0.39, 0.29) is 17.7 Å². The summed E-state index contributed by atoms with van der Waals surface area (Å²) < 4.78 is 0. The monoisotopic (exact) mass is 367 g/mol. The van der Waals surface area contributed by atoms with Gasteiger partial charge in [-0.25, -0.2) is 0 Å². The first-order chi connectivity index (χ1) is 13.3. The fourth-order valence-electron chi connectivity index (χ4n) is 6.36. The molecule has 3 fully saturated rings. The van der Waals surface area contributed by atoms with E-state index < -0.39 is 0 Å². The van der Waals surface area contributed by atoms with Gasteiger partial charge in [0.25, 0.3) is 5.91 Å². The number of anilines is 1. The second-order valence-electron chi connectivity index (χ2n) is 8.78.